The van der Waals surface area contributed by atoms with Gasteiger partial charge in [0, 0.05) is 55.6 Å². The number of carbonyl (C=O) groups excluding carboxylic acids is 1. The molecule has 0 atom stereocenters. The monoisotopic (exact) mass is 447 g/mol. The lowest BCUT2D eigenvalue weighted by Crippen LogP contribution is -2.42. The molecule has 0 spiro atoms. The van der Waals surface area contributed by atoms with Crippen LogP contribution in [0.2, 0.25) is 0 Å². The molecular weight excluding hydrogens is 426 g/mol. The molecular formula is C23H21FN6O3. The zero-order chi connectivity index (χ0) is 23.1. The minimum atomic E-state index is -0.524. The molecule has 0 radical (unpaired) electrons. The predicted molar refractivity (Wildman–Crippen MR) is 122 cm³/mol. The number of aliphatic imine (C=N–C) groups is 2. The molecule has 1 saturated heterocycles. The van der Waals surface area contributed by atoms with E-state index in [1.54, 1.807) is 24.4 Å². The molecule has 0 bridgehead atoms. The lowest BCUT2D eigenvalue weighted by Gasteiger charge is -2.31. The molecule has 3 heterocycles. The summed E-state index contributed by atoms with van der Waals surface area (Å²) in [5, 5.41) is 11.4. The van der Waals surface area contributed by atoms with E-state index in [-0.39, 0.29) is 29.4 Å². The van der Waals surface area contributed by atoms with Gasteiger partial charge >= 0.3 is 0 Å². The van der Waals surface area contributed by atoms with E-state index >= 15 is 0 Å². The van der Waals surface area contributed by atoms with Gasteiger partial charge in [-0.1, -0.05) is 12.1 Å². The van der Waals surface area contributed by atoms with Gasteiger partial charge in [-0.3, -0.25) is 24.8 Å². The van der Waals surface area contributed by atoms with Gasteiger partial charge in [-0.25, -0.2) is 9.38 Å². The molecule has 1 amide bonds. The average molecular weight is 447 g/mol. The van der Waals surface area contributed by atoms with Crippen LogP contribution in [0.1, 0.15) is 11.1 Å². The summed E-state index contributed by atoms with van der Waals surface area (Å²) in [6.45, 7) is 3.40. The van der Waals surface area contributed by atoms with Crippen molar-refractivity contribution < 1.29 is 14.1 Å². The molecule has 9 nitrogen and oxygen atoms in total. The predicted octanol–water partition coefficient (Wildman–Crippen LogP) is 2.42. The molecule has 2 aromatic rings. The fraction of sp³-hybridized carbons (Fsp3) is 0.261. The fourth-order valence-electron chi connectivity index (χ4n) is 4.17. The van der Waals surface area contributed by atoms with Crippen LogP contribution in [0, 0.1) is 15.9 Å². The topological polar surface area (TPSA) is 94.7 Å². The highest BCUT2D eigenvalue weighted by Gasteiger charge is 2.37. The molecule has 1 fully saturated rings. The number of anilines is 1. The van der Waals surface area contributed by atoms with Crippen LogP contribution < -0.4 is 4.90 Å². The minimum Gasteiger partial charge on any atom is -0.373 e. The summed E-state index contributed by atoms with van der Waals surface area (Å²) < 4.78 is 14.6. The van der Waals surface area contributed by atoms with Gasteiger partial charge in [-0.05, 0) is 25.2 Å². The maximum absolute atomic E-state index is 14.6. The van der Waals surface area contributed by atoms with E-state index in [0.29, 0.717) is 22.8 Å². The highest BCUT2D eigenvalue weighted by molar-refractivity contribution is 6.32. The van der Waals surface area contributed by atoms with Crippen LogP contribution in [0.3, 0.4) is 0 Å². The van der Waals surface area contributed by atoms with Crippen molar-refractivity contribution in [2.24, 2.45) is 9.98 Å². The fourth-order valence-corrected chi connectivity index (χ4v) is 4.17. The van der Waals surface area contributed by atoms with Crippen molar-refractivity contribution in [3.63, 3.8) is 0 Å². The van der Waals surface area contributed by atoms with Crippen molar-refractivity contribution in [1.82, 2.24) is 9.80 Å². The Morgan fingerprint density at radius 2 is 1.85 bits per heavy atom. The maximum Gasteiger partial charge on any atom is 0.284 e. The number of non-ortho nitro benzene ring substituents is 1. The molecule has 3 aliphatic heterocycles. The molecule has 0 N–H and O–H groups in total. The van der Waals surface area contributed by atoms with Crippen LogP contribution >= 0.6 is 0 Å². The average Bonchev–Trinajstić information content (AvgIpc) is 3.01. The number of halogens is 1. The minimum absolute atomic E-state index is 0.0396. The van der Waals surface area contributed by atoms with Crippen molar-refractivity contribution >= 4 is 28.8 Å². The summed E-state index contributed by atoms with van der Waals surface area (Å²) in [5.74, 6) is -0.425. The molecule has 3 aliphatic rings. The summed E-state index contributed by atoms with van der Waals surface area (Å²) >= 11 is 0. The summed E-state index contributed by atoms with van der Waals surface area (Å²) in [7, 11) is 2.05. The van der Waals surface area contributed by atoms with E-state index in [4.69, 9.17) is 0 Å². The number of amidine groups is 1. The van der Waals surface area contributed by atoms with E-state index < -0.39 is 10.7 Å². The SMILES string of the molecule is CN1CCN(/C=C2\N=C3CN=C(c4ccccc4[18F])c4cc([N+](=O)[O-])ccc4N3C2=O)CC1. The number of hydrogen-bond acceptors (Lipinski definition) is 7. The number of piperazine rings is 1. The molecule has 168 valence electrons. The summed E-state index contributed by atoms with van der Waals surface area (Å²) in [5.41, 5.74) is 1.30. The zero-order valence-electron chi connectivity index (χ0n) is 17.9. The van der Waals surface area contributed by atoms with Gasteiger partial charge in [0.15, 0.2) is 0 Å². The van der Waals surface area contributed by atoms with Gasteiger partial charge in [-0.2, -0.15) is 0 Å². The number of nitro groups is 1. The number of nitro benzene ring substituents is 1. The number of rotatable bonds is 3. The highest BCUT2D eigenvalue weighted by Crippen LogP contribution is 2.34. The number of likely N-dealkylation sites (N-methyl/N-ethyl adjacent to an activating group) is 1. The van der Waals surface area contributed by atoms with Crippen LogP contribution in [0.4, 0.5) is 15.8 Å². The second-order valence-corrected chi connectivity index (χ2v) is 8.13. The van der Waals surface area contributed by atoms with E-state index in [2.05, 4.69) is 26.8 Å². The second-order valence-electron chi connectivity index (χ2n) is 8.13. The Balaban J connectivity index is 1.60. The molecule has 0 unspecified atom stereocenters. The standard InChI is InChI=1S/C23H21FN6O3/c1-27-8-10-28(11-9-27)14-19-23(31)29-20-7-6-15(30(32)33)12-17(20)22(25-13-21(29)26-19)16-4-2-3-5-18(16)24/h2-7,12,14H,8-11,13H2,1H3/b19-14-/i24-1. The Kier molecular flexibility index (Phi) is 5.21. The molecule has 0 saturated carbocycles. The first-order valence-corrected chi connectivity index (χ1v) is 10.6. The smallest absolute Gasteiger partial charge is 0.284 e. The Morgan fingerprint density at radius 3 is 2.58 bits per heavy atom. The first-order chi connectivity index (χ1) is 15.9. The van der Waals surface area contributed by atoms with Crippen LogP contribution in [-0.4, -0.2) is 71.9 Å². The normalized spacial score (nSPS) is 19.7. The van der Waals surface area contributed by atoms with Crippen LogP contribution in [0.25, 0.3) is 0 Å². The Labute approximate surface area is 189 Å². The number of carbonyl (C=O) groups is 1. The van der Waals surface area contributed by atoms with Crippen molar-refractivity contribution in [3.8, 4) is 0 Å². The summed E-state index contributed by atoms with van der Waals surface area (Å²) in [6.07, 6.45) is 1.77. The lowest BCUT2D eigenvalue weighted by atomic mass is 9.99. The quantitative estimate of drug-likeness (QED) is 0.409. The van der Waals surface area contributed by atoms with E-state index in [1.165, 1.54) is 29.2 Å². The van der Waals surface area contributed by atoms with Gasteiger partial charge in [0.2, 0.25) is 0 Å². The maximum atomic E-state index is 14.6. The van der Waals surface area contributed by atoms with Crippen LogP contribution in [-0.2, 0) is 4.79 Å². The highest BCUT2D eigenvalue weighted by atomic mass is 18.2. The van der Waals surface area contributed by atoms with E-state index in [0.717, 1.165) is 26.2 Å². The molecule has 2 aromatic carbocycles. The Morgan fingerprint density at radius 1 is 1.09 bits per heavy atom. The molecule has 0 aliphatic carbocycles. The van der Waals surface area contributed by atoms with Crippen LogP contribution in [0.5, 0.6) is 0 Å². The molecule has 0 aromatic heterocycles. The largest absolute Gasteiger partial charge is 0.373 e. The summed E-state index contributed by atoms with van der Waals surface area (Å²) in [4.78, 5) is 39.1. The summed E-state index contributed by atoms with van der Waals surface area (Å²) in [6, 6.07) is 10.3. The van der Waals surface area contributed by atoms with E-state index in [9.17, 15) is 19.3 Å². The van der Waals surface area contributed by atoms with Crippen LogP contribution in [0.15, 0.2) is 64.3 Å². The third kappa shape index (κ3) is 3.78. The molecule has 5 rings (SSSR count). The lowest BCUT2D eigenvalue weighted by molar-refractivity contribution is -0.384. The molecule has 33 heavy (non-hydrogen) atoms. The first kappa shape index (κ1) is 21.0. The third-order valence-corrected chi connectivity index (χ3v) is 5.97. The van der Waals surface area contributed by atoms with Crippen molar-refractivity contribution in [1.29, 1.82) is 0 Å². The van der Waals surface area contributed by atoms with Crippen molar-refractivity contribution in [2.45, 2.75) is 0 Å². The zero-order valence-corrected chi connectivity index (χ0v) is 17.9. The first-order valence-electron chi connectivity index (χ1n) is 10.6. The third-order valence-electron chi connectivity index (χ3n) is 5.97. The number of fused-ring (bicyclic) bond motifs is 3. The van der Waals surface area contributed by atoms with Gasteiger partial charge in [0.05, 0.1) is 22.9 Å². The van der Waals surface area contributed by atoms with Crippen molar-refractivity contribution in [2.75, 3.05) is 44.7 Å². The second kappa shape index (κ2) is 8.21. The van der Waals surface area contributed by atoms with Crippen molar-refractivity contribution in [3.05, 3.63) is 81.4 Å². The molecule has 10 heteroatoms. The van der Waals surface area contributed by atoms with E-state index in [1.807, 2.05) is 0 Å². The number of nitrogens with zero attached hydrogens (tertiary/aromatic N) is 6. The number of amides is 1. The van der Waals surface area contributed by atoms with Gasteiger partial charge in [0.25, 0.3) is 11.6 Å². The van der Waals surface area contributed by atoms with Gasteiger partial charge < -0.3 is 9.80 Å². The Bertz CT molecular complexity index is 1250. The number of hydrogen-bond donors (Lipinski definition) is 0. The van der Waals surface area contributed by atoms with Gasteiger partial charge in [-0.15, -0.1) is 0 Å². The number of benzene rings is 2. The van der Waals surface area contributed by atoms with Gasteiger partial charge in [0.1, 0.15) is 17.3 Å². The Hall–Kier alpha value is -3.92.